The molecule has 0 aliphatic heterocycles. The fourth-order valence-corrected chi connectivity index (χ4v) is 4.73. The summed E-state index contributed by atoms with van der Waals surface area (Å²) in [6, 6.07) is 14.1. The molecule has 2 aromatic heterocycles. The van der Waals surface area contributed by atoms with E-state index in [0.717, 1.165) is 38.4 Å². The molecule has 1 atom stereocenters. The summed E-state index contributed by atoms with van der Waals surface area (Å²) in [5, 5.41) is 1.56. The number of hydrogen-bond acceptors (Lipinski definition) is 6. The monoisotopic (exact) mass is 528 g/mol. The molecule has 36 heavy (non-hydrogen) atoms. The Balaban J connectivity index is 1.47. The highest BCUT2D eigenvalue weighted by atomic mass is 35.5. The number of rotatable bonds is 9. The predicted octanol–water partition coefficient (Wildman–Crippen LogP) is 5.28. The molecule has 0 aliphatic rings. The van der Waals surface area contributed by atoms with Crippen LogP contribution < -0.4 is 9.46 Å². The lowest BCUT2D eigenvalue weighted by molar-refractivity contribution is 0.0559. The fraction of sp³-hybridized carbons (Fsp3) is 0.231. The quantitative estimate of drug-likeness (QED) is 0.226. The molecule has 2 heterocycles. The van der Waals surface area contributed by atoms with E-state index in [4.69, 9.17) is 20.8 Å². The van der Waals surface area contributed by atoms with Crippen LogP contribution in [0.25, 0.3) is 10.9 Å². The zero-order chi connectivity index (χ0) is 25.8. The summed E-state index contributed by atoms with van der Waals surface area (Å²) in [6.45, 7) is 4.31. The zero-order valence-corrected chi connectivity index (χ0v) is 21.5. The number of hydrogen-bond donors (Lipinski definition) is 2. The summed E-state index contributed by atoms with van der Waals surface area (Å²) < 4.78 is 30.8. The maximum absolute atomic E-state index is 13.1. The van der Waals surface area contributed by atoms with Gasteiger partial charge in [-0.25, -0.2) is 9.00 Å². The second kappa shape index (κ2) is 11.0. The first-order chi connectivity index (χ1) is 17.3. The Bertz CT molecular complexity index is 1430. The molecule has 4 rings (SSSR count). The van der Waals surface area contributed by atoms with E-state index in [1.165, 1.54) is 19.2 Å². The van der Waals surface area contributed by atoms with E-state index in [9.17, 15) is 13.8 Å². The van der Waals surface area contributed by atoms with Crippen molar-refractivity contribution in [1.29, 1.82) is 0 Å². The lowest BCUT2D eigenvalue weighted by atomic mass is 10.1. The minimum Gasteiger partial charge on any atom is -0.494 e. The third-order valence-electron chi connectivity index (χ3n) is 5.63. The second-order valence-electron chi connectivity index (χ2n) is 8.16. The Kier molecular flexibility index (Phi) is 7.81. The van der Waals surface area contributed by atoms with Gasteiger partial charge < -0.3 is 18.9 Å². The summed E-state index contributed by atoms with van der Waals surface area (Å²) in [6.07, 6.45) is 1.20. The molecule has 188 valence electrons. The molecule has 2 aromatic carbocycles. The van der Waals surface area contributed by atoms with Gasteiger partial charge in [-0.15, -0.1) is 0 Å². The number of furan rings is 1. The standard InChI is InChI=1S/C26H25ClN2O6S/c1-15-13-17(14-16(2)23(15)27)34-12-6-8-19-18-7-4-5-9-20(18)28-24(19)25(30)29-36(32)22-11-10-21(35-22)26(31)33-3/h4-5,7,9-11,13-14,28H,6,8,12H2,1-3H3,(H,29,30). The van der Waals surface area contributed by atoms with E-state index in [1.807, 2.05) is 50.2 Å². The second-order valence-corrected chi connectivity index (χ2v) is 9.68. The van der Waals surface area contributed by atoms with Crippen molar-refractivity contribution in [3.63, 3.8) is 0 Å². The summed E-state index contributed by atoms with van der Waals surface area (Å²) in [4.78, 5) is 27.8. The van der Waals surface area contributed by atoms with Crippen LogP contribution in [0.2, 0.25) is 5.02 Å². The van der Waals surface area contributed by atoms with Crippen LogP contribution in [-0.2, 0) is 22.1 Å². The third-order valence-corrected chi connectivity index (χ3v) is 7.18. The summed E-state index contributed by atoms with van der Waals surface area (Å²) >= 11 is 6.23. The molecule has 1 amide bonds. The van der Waals surface area contributed by atoms with Crippen LogP contribution >= 0.6 is 11.6 Å². The number of fused-ring (bicyclic) bond motifs is 1. The molecule has 0 aliphatic carbocycles. The summed E-state index contributed by atoms with van der Waals surface area (Å²) in [5.74, 6) is -0.618. The van der Waals surface area contributed by atoms with Gasteiger partial charge in [0.15, 0.2) is 11.0 Å². The Labute approximate surface area is 215 Å². The van der Waals surface area contributed by atoms with Gasteiger partial charge in [-0.3, -0.25) is 9.52 Å². The first-order valence-electron chi connectivity index (χ1n) is 11.2. The van der Waals surface area contributed by atoms with Gasteiger partial charge in [0.05, 0.1) is 13.7 Å². The summed E-state index contributed by atoms with van der Waals surface area (Å²) in [5.41, 5.74) is 3.79. The number of benzene rings is 2. The van der Waals surface area contributed by atoms with Gasteiger partial charge in [-0.2, -0.15) is 0 Å². The van der Waals surface area contributed by atoms with Crippen LogP contribution in [0.3, 0.4) is 0 Å². The SMILES string of the molecule is COC(=O)c1ccc(S(=O)NC(=O)c2[nH]c3ccccc3c2CCCOc2cc(C)c(Cl)c(C)c2)o1. The van der Waals surface area contributed by atoms with E-state index < -0.39 is 22.9 Å². The molecule has 0 bridgehead atoms. The number of para-hydroxylation sites is 1. The van der Waals surface area contributed by atoms with Crippen LogP contribution in [-0.4, -0.2) is 34.8 Å². The maximum Gasteiger partial charge on any atom is 0.374 e. The van der Waals surface area contributed by atoms with Crippen molar-refractivity contribution >= 4 is 45.4 Å². The molecular weight excluding hydrogens is 504 g/mol. The molecule has 0 spiro atoms. The lowest BCUT2D eigenvalue weighted by Crippen LogP contribution is -2.26. The highest BCUT2D eigenvalue weighted by Gasteiger charge is 2.22. The number of carbonyl (C=O) groups is 2. The molecule has 0 saturated heterocycles. The molecular formula is C26H25ClN2O6S. The van der Waals surface area contributed by atoms with E-state index >= 15 is 0 Å². The first kappa shape index (κ1) is 25.5. The number of amides is 1. The minimum absolute atomic E-state index is 0.0663. The van der Waals surface area contributed by atoms with Crippen LogP contribution in [0.5, 0.6) is 5.75 Å². The van der Waals surface area contributed by atoms with E-state index in [0.29, 0.717) is 25.1 Å². The number of halogens is 1. The van der Waals surface area contributed by atoms with Gasteiger partial charge in [0.2, 0.25) is 10.9 Å². The van der Waals surface area contributed by atoms with E-state index in [1.54, 1.807) is 0 Å². The van der Waals surface area contributed by atoms with Crippen molar-refractivity contribution in [1.82, 2.24) is 9.71 Å². The summed E-state index contributed by atoms with van der Waals surface area (Å²) in [7, 11) is -0.798. The maximum atomic E-state index is 13.1. The fourth-order valence-electron chi connectivity index (χ4n) is 3.90. The highest BCUT2D eigenvalue weighted by Crippen LogP contribution is 2.27. The third kappa shape index (κ3) is 5.47. The Morgan fingerprint density at radius 1 is 1.11 bits per heavy atom. The van der Waals surface area contributed by atoms with Gasteiger partial charge in [0.25, 0.3) is 5.91 Å². The van der Waals surface area contributed by atoms with E-state index in [2.05, 4.69) is 14.4 Å². The predicted molar refractivity (Wildman–Crippen MR) is 137 cm³/mol. The van der Waals surface area contributed by atoms with Crippen molar-refractivity contribution in [3.05, 3.63) is 81.7 Å². The Morgan fingerprint density at radius 3 is 2.56 bits per heavy atom. The van der Waals surface area contributed by atoms with Crippen LogP contribution in [0.4, 0.5) is 0 Å². The lowest BCUT2D eigenvalue weighted by Gasteiger charge is -2.10. The first-order valence-corrected chi connectivity index (χ1v) is 12.7. The number of methoxy groups -OCH3 is 1. The normalized spacial score (nSPS) is 11.9. The van der Waals surface area contributed by atoms with Crippen LogP contribution in [0.1, 0.15) is 44.2 Å². The number of aromatic amines is 1. The topological polar surface area (TPSA) is 111 Å². The number of H-pyrrole nitrogens is 1. The molecule has 8 nitrogen and oxygen atoms in total. The van der Waals surface area contributed by atoms with Gasteiger partial charge in [-0.1, -0.05) is 29.8 Å². The van der Waals surface area contributed by atoms with Gasteiger partial charge in [0.1, 0.15) is 11.4 Å². The number of nitrogens with one attached hydrogen (secondary N) is 2. The van der Waals surface area contributed by atoms with Gasteiger partial charge in [0, 0.05) is 15.9 Å². The number of aromatic nitrogens is 1. The van der Waals surface area contributed by atoms with Gasteiger partial charge in [-0.05, 0) is 73.7 Å². The average Bonchev–Trinajstić information content (AvgIpc) is 3.50. The minimum atomic E-state index is -2.01. The molecule has 2 N–H and O–H groups in total. The number of aryl methyl sites for hydroxylation is 3. The molecule has 0 saturated carbocycles. The van der Waals surface area contributed by atoms with Crippen LogP contribution in [0, 0.1) is 13.8 Å². The highest BCUT2D eigenvalue weighted by molar-refractivity contribution is 7.83. The van der Waals surface area contributed by atoms with Gasteiger partial charge >= 0.3 is 5.97 Å². The van der Waals surface area contributed by atoms with Crippen molar-refractivity contribution in [2.75, 3.05) is 13.7 Å². The smallest absolute Gasteiger partial charge is 0.374 e. The van der Waals surface area contributed by atoms with Crippen molar-refractivity contribution in [2.45, 2.75) is 31.8 Å². The van der Waals surface area contributed by atoms with Crippen molar-refractivity contribution in [2.24, 2.45) is 0 Å². The molecule has 4 aromatic rings. The van der Waals surface area contributed by atoms with E-state index in [-0.39, 0.29) is 10.9 Å². The number of esters is 1. The van der Waals surface area contributed by atoms with Crippen molar-refractivity contribution < 1.29 is 27.7 Å². The Hall–Kier alpha value is -3.56. The zero-order valence-electron chi connectivity index (χ0n) is 20.0. The number of carbonyl (C=O) groups excluding carboxylic acids is 2. The molecule has 1 unspecified atom stereocenters. The van der Waals surface area contributed by atoms with Crippen LogP contribution in [0.15, 0.2) is 58.0 Å². The number of ether oxygens (including phenoxy) is 2. The largest absolute Gasteiger partial charge is 0.494 e. The molecule has 0 radical (unpaired) electrons. The molecule has 10 heteroatoms. The average molecular weight is 529 g/mol. The van der Waals surface area contributed by atoms with Crippen molar-refractivity contribution in [3.8, 4) is 5.75 Å². The molecule has 0 fully saturated rings. The Morgan fingerprint density at radius 2 is 1.83 bits per heavy atom.